The highest BCUT2D eigenvalue weighted by atomic mass is 16.4. The Bertz CT molecular complexity index is 1170. The third kappa shape index (κ3) is 12.6. The molecule has 0 aliphatic heterocycles. The van der Waals surface area contributed by atoms with E-state index in [1.165, 1.54) is 24.4 Å². The molecule has 14 nitrogen and oxygen atoms in total. The number of benzene rings is 1. The second-order valence-electron chi connectivity index (χ2n) is 7.28. The summed E-state index contributed by atoms with van der Waals surface area (Å²) in [6.07, 6.45) is 7.90. The summed E-state index contributed by atoms with van der Waals surface area (Å²) < 4.78 is 0. The zero-order chi connectivity index (χ0) is 28.5. The second kappa shape index (κ2) is 16.6. The number of carboxylic acid groups (broad SMARTS) is 4. The zero-order valence-electron chi connectivity index (χ0n) is 20.0. The van der Waals surface area contributed by atoms with E-state index in [9.17, 15) is 29.4 Å². The normalized spacial score (nSPS) is 12.8. The first-order valence-corrected chi connectivity index (χ1v) is 10.8. The Morgan fingerprint density at radius 3 is 1.68 bits per heavy atom. The number of phenols is 1. The van der Waals surface area contributed by atoms with Gasteiger partial charge in [0.05, 0.1) is 6.61 Å². The van der Waals surface area contributed by atoms with E-state index < -0.39 is 56.7 Å². The molecule has 0 aromatic heterocycles. The van der Waals surface area contributed by atoms with Crippen LogP contribution in [0.2, 0.25) is 0 Å². The molecule has 0 heterocycles. The predicted molar refractivity (Wildman–Crippen MR) is 138 cm³/mol. The van der Waals surface area contributed by atoms with E-state index in [1.807, 2.05) is 0 Å². The molecule has 6 N–H and O–H groups in total. The average Bonchev–Trinajstić information content (AvgIpc) is 2.83. The Morgan fingerprint density at radius 1 is 0.737 bits per heavy atom. The van der Waals surface area contributed by atoms with Crippen LogP contribution in [-0.4, -0.2) is 112 Å². The van der Waals surface area contributed by atoms with Crippen LogP contribution >= 0.6 is 0 Å². The Labute approximate surface area is 216 Å². The highest BCUT2D eigenvalue weighted by molar-refractivity contribution is 5.96. The number of hydrogen-bond acceptors (Lipinski definition) is 10. The molecular weight excluding hydrogens is 504 g/mol. The zero-order valence-corrected chi connectivity index (χ0v) is 20.0. The van der Waals surface area contributed by atoms with E-state index in [-0.39, 0.29) is 28.9 Å². The maximum absolute atomic E-state index is 10.8. The highest BCUT2D eigenvalue weighted by Gasteiger charge is 2.11. The van der Waals surface area contributed by atoms with Crippen LogP contribution in [0.5, 0.6) is 5.75 Å². The monoisotopic (exact) mass is 530 g/mol. The maximum Gasteiger partial charge on any atom is 0.325 e. The summed E-state index contributed by atoms with van der Waals surface area (Å²) in [5.74, 6) is -5.08. The van der Waals surface area contributed by atoms with Gasteiger partial charge in [-0.25, -0.2) is 0 Å². The number of carbonyl (C=O) groups is 4. The smallest absolute Gasteiger partial charge is 0.325 e. The van der Waals surface area contributed by atoms with Crippen LogP contribution in [0.25, 0.3) is 5.57 Å². The van der Waals surface area contributed by atoms with Crippen LogP contribution in [0.15, 0.2) is 49.8 Å². The van der Waals surface area contributed by atoms with Crippen LogP contribution in [0, 0.1) is 0 Å². The van der Waals surface area contributed by atoms with Gasteiger partial charge < -0.3 is 30.6 Å². The van der Waals surface area contributed by atoms with Gasteiger partial charge in [-0.3, -0.25) is 39.1 Å². The number of carboxylic acids is 4. The molecule has 0 unspecified atom stereocenters. The molecular formula is C24H26N4O10. The third-order valence-electron chi connectivity index (χ3n) is 4.22. The number of allylic oxidation sites excluding steroid dienone is 3. The summed E-state index contributed by atoms with van der Waals surface area (Å²) >= 11 is 0. The van der Waals surface area contributed by atoms with Crippen molar-refractivity contribution in [3.63, 3.8) is 0 Å². The summed E-state index contributed by atoms with van der Waals surface area (Å²) in [5.41, 5.74) is 1.11. The van der Waals surface area contributed by atoms with Gasteiger partial charge in [0.25, 0.3) is 0 Å². The molecule has 0 fully saturated rings. The number of aliphatic hydroxyl groups excluding tert-OH is 1. The van der Waals surface area contributed by atoms with Gasteiger partial charge in [-0.1, -0.05) is 6.08 Å². The van der Waals surface area contributed by atoms with Crippen molar-refractivity contribution in [3.8, 4) is 5.75 Å². The number of hydrogen-bond donors (Lipinski definition) is 6. The Morgan fingerprint density at radius 2 is 1.21 bits per heavy atom. The molecule has 1 rings (SSSR count). The standard InChI is InChI=1S/C24H26N4O10/c29-14-15(7-26-11-21(32)33)4-16(2-1-3-25-10-20(30)31)17-5-18(8-27-12-22(34)35)24(38)19(6-17)9-28-13-23(36)37/h2-9,29,38H,1,10-14H2,(H,30,31)(H,32,33)(H,34,35)(H,36,37)/b15-4-,16-2+,25-3?,26-7?,27-8?,28-9?. The van der Waals surface area contributed by atoms with Crippen molar-refractivity contribution < 1.29 is 49.8 Å². The van der Waals surface area contributed by atoms with E-state index in [4.69, 9.17) is 20.4 Å². The summed E-state index contributed by atoms with van der Waals surface area (Å²) in [7, 11) is 0. The van der Waals surface area contributed by atoms with Crippen molar-refractivity contribution in [1.29, 1.82) is 0 Å². The SMILES string of the molecule is O=C(O)CN=CC/C=C(\C=C(\C=NCC(=O)O)CO)c1cc(C=NCC(=O)O)c(O)c(C=NCC(=O)O)c1. The van der Waals surface area contributed by atoms with E-state index >= 15 is 0 Å². The molecule has 38 heavy (non-hydrogen) atoms. The fraction of sp³-hybridized carbons (Fsp3) is 0.250. The van der Waals surface area contributed by atoms with Crippen molar-refractivity contribution in [2.75, 3.05) is 32.8 Å². The van der Waals surface area contributed by atoms with Crippen molar-refractivity contribution in [2.45, 2.75) is 6.42 Å². The molecule has 0 aliphatic carbocycles. The number of aliphatic imine (C=N–C) groups is 4. The van der Waals surface area contributed by atoms with Crippen LogP contribution in [0.3, 0.4) is 0 Å². The van der Waals surface area contributed by atoms with E-state index in [0.717, 1.165) is 18.6 Å². The molecule has 0 radical (unpaired) electrons. The molecule has 14 heteroatoms. The number of aliphatic hydroxyl groups is 1. The van der Waals surface area contributed by atoms with Crippen molar-refractivity contribution in [2.24, 2.45) is 20.0 Å². The lowest BCUT2D eigenvalue weighted by Crippen LogP contribution is -2.02. The fourth-order valence-corrected chi connectivity index (χ4v) is 2.71. The Balaban J connectivity index is 3.67. The third-order valence-corrected chi connectivity index (χ3v) is 4.22. The van der Waals surface area contributed by atoms with Gasteiger partial charge in [0.1, 0.15) is 31.9 Å². The van der Waals surface area contributed by atoms with Gasteiger partial charge in [0.2, 0.25) is 0 Å². The number of rotatable bonds is 16. The molecule has 0 atom stereocenters. The van der Waals surface area contributed by atoms with Gasteiger partial charge in [0, 0.05) is 42.4 Å². The average molecular weight is 530 g/mol. The van der Waals surface area contributed by atoms with Crippen LogP contribution < -0.4 is 0 Å². The summed E-state index contributed by atoms with van der Waals surface area (Å²) in [6.45, 7) is -2.67. The molecule has 1 aromatic rings. The Hall–Kier alpha value is -4.98. The lowest BCUT2D eigenvalue weighted by Gasteiger charge is -2.11. The summed E-state index contributed by atoms with van der Waals surface area (Å²) in [4.78, 5) is 58.0. The van der Waals surface area contributed by atoms with Gasteiger partial charge in [-0.05, 0) is 34.9 Å². The molecule has 0 saturated carbocycles. The minimum absolute atomic E-state index is 0.0736. The minimum Gasteiger partial charge on any atom is -0.507 e. The number of aliphatic carboxylic acids is 4. The van der Waals surface area contributed by atoms with Crippen molar-refractivity contribution in [1.82, 2.24) is 0 Å². The molecule has 0 bridgehead atoms. The lowest BCUT2D eigenvalue weighted by molar-refractivity contribution is -0.136. The number of nitrogens with zero attached hydrogens (tertiary/aromatic N) is 4. The van der Waals surface area contributed by atoms with Gasteiger partial charge in [0.15, 0.2) is 0 Å². The van der Waals surface area contributed by atoms with Gasteiger partial charge in [-0.15, -0.1) is 0 Å². The molecule has 0 amide bonds. The summed E-state index contributed by atoms with van der Waals surface area (Å²) in [6, 6.07) is 2.88. The molecule has 0 spiro atoms. The van der Waals surface area contributed by atoms with Crippen LogP contribution in [0.4, 0.5) is 0 Å². The molecule has 0 saturated heterocycles. The van der Waals surface area contributed by atoms with Crippen LogP contribution in [0.1, 0.15) is 23.1 Å². The quantitative estimate of drug-likeness (QED) is 0.127. The first-order valence-electron chi connectivity index (χ1n) is 10.8. The van der Waals surface area contributed by atoms with Gasteiger partial charge >= 0.3 is 23.9 Å². The van der Waals surface area contributed by atoms with E-state index in [1.54, 1.807) is 6.08 Å². The first-order chi connectivity index (χ1) is 18.0. The second-order valence-corrected chi connectivity index (χ2v) is 7.28. The predicted octanol–water partition coefficient (Wildman–Crippen LogP) is 0.402. The van der Waals surface area contributed by atoms with E-state index in [2.05, 4.69) is 20.0 Å². The molecule has 1 aromatic carbocycles. The summed E-state index contributed by atoms with van der Waals surface area (Å²) in [5, 5.41) is 55.5. The van der Waals surface area contributed by atoms with Gasteiger partial charge in [-0.2, -0.15) is 0 Å². The first kappa shape index (κ1) is 31.1. The minimum atomic E-state index is -1.21. The molecule has 0 aliphatic rings. The van der Waals surface area contributed by atoms with Crippen molar-refractivity contribution >= 4 is 54.3 Å². The lowest BCUT2D eigenvalue weighted by atomic mass is 9.96. The topological polar surface area (TPSA) is 239 Å². The number of phenolic OH excluding ortho intramolecular Hbond substituents is 1. The number of aromatic hydroxyl groups is 1. The highest BCUT2D eigenvalue weighted by Crippen LogP contribution is 2.28. The van der Waals surface area contributed by atoms with Crippen LogP contribution in [-0.2, 0) is 19.2 Å². The largest absolute Gasteiger partial charge is 0.507 e. The Kier molecular flexibility index (Phi) is 13.6. The maximum atomic E-state index is 10.8. The van der Waals surface area contributed by atoms with E-state index in [0.29, 0.717) is 11.1 Å². The molecule has 202 valence electrons. The fourth-order valence-electron chi connectivity index (χ4n) is 2.71. The van der Waals surface area contributed by atoms with Crippen molar-refractivity contribution in [3.05, 3.63) is 46.5 Å².